The van der Waals surface area contributed by atoms with Crippen LogP contribution in [0.5, 0.6) is 0 Å². The van der Waals surface area contributed by atoms with Gasteiger partial charge in [-0.2, -0.15) is 0 Å². The van der Waals surface area contributed by atoms with Crippen LogP contribution in [0.15, 0.2) is 0 Å². The quantitative estimate of drug-likeness (QED) is 0.433. The molecule has 0 aromatic carbocycles. The maximum Gasteiger partial charge on any atom is 0 e. The van der Waals surface area contributed by atoms with Gasteiger partial charge in [-0.3, -0.25) is 0 Å². The minimum Gasteiger partial charge on any atom is 0 e. The smallest absolute Gasteiger partial charge is 0 e. The predicted octanol–water partition coefficient (Wildman–Crippen LogP) is -0.804. The Morgan fingerprint density at radius 1 is 1.00 bits per heavy atom. The zero-order valence-corrected chi connectivity index (χ0v) is 6.52. The predicted molar refractivity (Wildman–Crippen MR) is 15.4 cm³/mol. The summed E-state index contributed by atoms with van der Waals surface area (Å²) < 4.78 is 0. The normalized spacial score (nSPS) is 0. The van der Waals surface area contributed by atoms with E-state index in [4.69, 9.17) is 0 Å². The van der Waals surface area contributed by atoms with Crippen LogP contribution in [-0.4, -0.2) is 25.8 Å². The zero-order valence-electron chi connectivity index (χ0n) is 2.86. The second-order valence-electron chi connectivity index (χ2n) is 0. The average molecular weight is 177 g/mol. The molecule has 0 rings (SSSR count). The Hall–Kier alpha value is 1.79. The van der Waals surface area contributed by atoms with E-state index >= 15 is 0 Å². The van der Waals surface area contributed by atoms with Crippen LogP contribution in [-0.2, 0) is 44.3 Å². The van der Waals surface area contributed by atoms with Crippen molar-refractivity contribution < 1.29 is 44.3 Å². The topological polar surface area (TPSA) is 28.5 Å². The maximum atomic E-state index is 0. The fraction of sp³-hybridized carbons (Fsp3) is 0. The fourth-order valence-electron chi connectivity index (χ4n) is 0. The molecule has 0 saturated heterocycles. The average Bonchev–Trinajstić information content (AvgIpc) is 0. The molecule has 0 atom stereocenters. The van der Waals surface area contributed by atoms with Crippen molar-refractivity contribution in [2.75, 3.05) is 0 Å². The van der Waals surface area contributed by atoms with Gasteiger partial charge in [0.1, 0.15) is 0 Å². The minimum absolute atomic E-state index is 0. The Morgan fingerprint density at radius 3 is 1.00 bits per heavy atom. The molecule has 0 N–H and O–H groups in total. The SMILES string of the molecule is [Al].[B].[C].[Cu].[O].[Ti]. The maximum absolute atomic E-state index is 0. The molecular weight excluding hydrogens is 177 g/mol. The molecule has 0 saturated carbocycles. The summed E-state index contributed by atoms with van der Waals surface area (Å²) in [5.41, 5.74) is 0. The Kier molecular flexibility index (Phi) is 1330. The molecule has 0 aliphatic heterocycles. The zero-order chi connectivity index (χ0) is 0. The fourth-order valence-corrected chi connectivity index (χ4v) is 0. The number of hydrogen-bond acceptors (Lipinski definition) is 0. The van der Waals surface area contributed by atoms with Gasteiger partial charge in [0.2, 0.25) is 0 Å². The van der Waals surface area contributed by atoms with E-state index in [1.54, 1.807) is 0 Å². The first kappa shape index (κ1) is 112. The standard InChI is InChI=1S/C.Al.B.Cu.O.Ti. The Bertz CT molecular complexity index is 15.5. The summed E-state index contributed by atoms with van der Waals surface area (Å²) in [6, 6.07) is 0. The van der Waals surface area contributed by atoms with Gasteiger partial charge in [-0.15, -0.1) is 0 Å². The molecule has 0 unspecified atom stereocenters. The molecule has 0 aromatic heterocycles. The van der Waals surface area contributed by atoms with Crippen molar-refractivity contribution in [3.05, 3.63) is 7.43 Å². The van der Waals surface area contributed by atoms with Gasteiger partial charge in [0.25, 0.3) is 0 Å². The van der Waals surface area contributed by atoms with Crippen LogP contribution in [0, 0.1) is 7.43 Å². The molecule has 0 aliphatic rings. The third-order valence-electron chi connectivity index (χ3n) is 0. The van der Waals surface area contributed by atoms with E-state index in [9.17, 15) is 0 Å². The van der Waals surface area contributed by atoms with Crippen molar-refractivity contribution in [3.8, 4) is 0 Å². The molecule has 6 heavy (non-hydrogen) atoms. The number of hydrogen-bond donors (Lipinski definition) is 0. The van der Waals surface area contributed by atoms with Gasteiger partial charge >= 0.3 is 0 Å². The summed E-state index contributed by atoms with van der Waals surface area (Å²) in [5.74, 6) is 0. The van der Waals surface area contributed by atoms with Crippen molar-refractivity contribution >= 4 is 25.8 Å². The molecule has 13 radical (unpaired) electrons. The number of rotatable bonds is 0. The van der Waals surface area contributed by atoms with Gasteiger partial charge < -0.3 is 0 Å². The molecular formula is CAlBCuOTi. The summed E-state index contributed by atoms with van der Waals surface area (Å²) in [6.45, 7) is 0. The summed E-state index contributed by atoms with van der Waals surface area (Å²) in [5, 5.41) is 0. The molecule has 0 aromatic rings. The van der Waals surface area contributed by atoms with Crippen molar-refractivity contribution in [1.29, 1.82) is 0 Å². The first-order valence-electron chi connectivity index (χ1n) is 0. The van der Waals surface area contributed by atoms with Gasteiger partial charge in [-0.05, 0) is 0 Å². The Labute approximate surface area is 77.0 Å². The largest absolute Gasteiger partial charge is 0 e. The molecule has 0 fully saturated rings. The van der Waals surface area contributed by atoms with Crippen molar-refractivity contribution in [1.82, 2.24) is 0 Å². The van der Waals surface area contributed by atoms with E-state index in [-0.39, 0.29) is 77.5 Å². The van der Waals surface area contributed by atoms with Gasteiger partial charge in [-0.1, -0.05) is 0 Å². The molecule has 0 heterocycles. The van der Waals surface area contributed by atoms with Gasteiger partial charge in [-0.25, -0.2) is 0 Å². The van der Waals surface area contributed by atoms with Crippen LogP contribution in [0.2, 0.25) is 0 Å². The van der Waals surface area contributed by atoms with Crippen molar-refractivity contribution in [2.24, 2.45) is 0 Å². The van der Waals surface area contributed by atoms with Gasteiger partial charge in [0.15, 0.2) is 0 Å². The van der Waals surface area contributed by atoms with Crippen LogP contribution in [0.25, 0.3) is 0 Å². The van der Waals surface area contributed by atoms with E-state index in [1.165, 1.54) is 0 Å². The monoisotopic (exact) mass is 177 g/mol. The second kappa shape index (κ2) is 71.0. The van der Waals surface area contributed by atoms with E-state index in [0.717, 1.165) is 0 Å². The first-order valence-corrected chi connectivity index (χ1v) is 0. The van der Waals surface area contributed by atoms with Crippen molar-refractivity contribution in [3.63, 3.8) is 0 Å². The van der Waals surface area contributed by atoms with E-state index in [0.29, 0.717) is 0 Å². The van der Waals surface area contributed by atoms with Crippen LogP contribution >= 0.6 is 0 Å². The summed E-state index contributed by atoms with van der Waals surface area (Å²) in [6.07, 6.45) is 0. The van der Waals surface area contributed by atoms with Crippen LogP contribution < -0.4 is 0 Å². The minimum atomic E-state index is 0. The first-order chi connectivity index (χ1) is 0. The second-order valence-corrected chi connectivity index (χ2v) is 0. The van der Waals surface area contributed by atoms with Gasteiger partial charge in [0.05, 0.1) is 0 Å². The van der Waals surface area contributed by atoms with E-state index in [1.807, 2.05) is 0 Å². The summed E-state index contributed by atoms with van der Waals surface area (Å²) >= 11 is 0. The van der Waals surface area contributed by atoms with E-state index in [2.05, 4.69) is 0 Å². The third kappa shape index (κ3) is 41.4. The molecule has 0 spiro atoms. The third-order valence-corrected chi connectivity index (χ3v) is 0. The van der Waals surface area contributed by atoms with Gasteiger partial charge in [0, 0.05) is 77.5 Å². The molecule has 31 valence electrons. The molecule has 0 amide bonds. The van der Waals surface area contributed by atoms with E-state index < -0.39 is 0 Å². The summed E-state index contributed by atoms with van der Waals surface area (Å²) in [4.78, 5) is 0. The van der Waals surface area contributed by atoms with Crippen LogP contribution in [0.4, 0.5) is 0 Å². The molecule has 0 bridgehead atoms. The molecule has 5 heteroatoms. The Morgan fingerprint density at radius 2 is 1.00 bits per heavy atom. The molecule has 1 nitrogen and oxygen atoms in total. The van der Waals surface area contributed by atoms with Crippen LogP contribution in [0.1, 0.15) is 0 Å². The van der Waals surface area contributed by atoms with Crippen molar-refractivity contribution in [2.45, 2.75) is 0 Å². The Balaban J connectivity index is 0. The summed E-state index contributed by atoms with van der Waals surface area (Å²) in [7, 11) is 0. The molecule has 0 aliphatic carbocycles. The van der Waals surface area contributed by atoms with Crippen LogP contribution in [0.3, 0.4) is 0 Å².